The van der Waals surface area contributed by atoms with Crippen molar-refractivity contribution in [3.63, 3.8) is 0 Å². The van der Waals surface area contributed by atoms with Crippen LogP contribution in [0.5, 0.6) is 0 Å². The molecule has 2 N–H and O–H groups in total. The van der Waals surface area contributed by atoms with Crippen LogP contribution in [0.3, 0.4) is 0 Å². The topological polar surface area (TPSA) is 77.4 Å². The molecule has 3 heterocycles. The largest absolute Gasteiger partial charge is 0.381 e. The van der Waals surface area contributed by atoms with Crippen LogP contribution < -0.4 is 10.6 Å². The zero-order chi connectivity index (χ0) is 19.9. The first kappa shape index (κ1) is 20.1. The number of benzene rings is 1. The maximum atomic E-state index is 12.4. The number of nitrogens with one attached hydrogen (secondary N) is 2. The summed E-state index contributed by atoms with van der Waals surface area (Å²) in [4.78, 5) is 12.4. The molecule has 0 spiro atoms. The SMILES string of the molecule is O=C(NCc1ccc(COC2CCOCC2)cc1)c1ccn(C2CCCNC2)n1. The molecule has 7 nitrogen and oxygen atoms in total. The molecule has 1 atom stereocenters. The molecule has 0 radical (unpaired) electrons. The summed E-state index contributed by atoms with van der Waals surface area (Å²) in [6, 6.07) is 10.3. The Balaban J connectivity index is 1.23. The molecule has 2 aliphatic rings. The number of carbonyl (C=O) groups is 1. The minimum Gasteiger partial charge on any atom is -0.381 e. The lowest BCUT2D eigenvalue weighted by Crippen LogP contribution is -2.32. The average Bonchev–Trinajstić information content (AvgIpc) is 3.29. The summed E-state index contributed by atoms with van der Waals surface area (Å²) in [6.45, 7) is 4.65. The van der Waals surface area contributed by atoms with E-state index >= 15 is 0 Å². The molecule has 2 fully saturated rings. The van der Waals surface area contributed by atoms with Crippen LogP contribution in [0.15, 0.2) is 36.5 Å². The standard InChI is InChI=1S/C22H30N4O3/c27-22(21-7-11-26(25-21)19-2-1-10-23-15-19)24-14-17-3-5-18(6-4-17)16-29-20-8-12-28-13-9-20/h3-7,11,19-20,23H,1-2,8-10,12-16H2,(H,24,27). The highest BCUT2D eigenvalue weighted by atomic mass is 16.5. The van der Waals surface area contributed by atoms with Gasteiger partial charge in [0.2, 0.25) is 0 Å². The Morgan fingerprint density at radius 2 is 1.97 bits per heavy atom. The van der Waals surface area contributed by atoms with Crippen molar-refractivity contribution in [3.8, 4) is 0 Å². The lowest BCUT2D eigenvalue weighted by molar-refractivity contribution is -0.0390. The Bertz CT molecular complexity index is 778. The molecule has 1 unspecified atom stereocenters. The summed E-state index contributed by atoms with van der Waals surface area (Å²) in [5.41, 5.74) is 2.67. The van der Waals surface area contributed by atoms with E-state index in [2.05, 4.69) is 27.9 Å². The molecule has 2 aliphatic heterocycles. The van der Waals surface area contributed by atoms with Gasteiger partial charge in [0.1, 0.15) is 5.69 Å². The third kappa shape index (κ3) is 5.65. The van der Waals surface area contributed by atoms with Crippen molar-refractivity contribution in [2.75, 3.05) is 26.3 Å². The highest BCUT2D eigenvalue weighted by Gasteiger charge is 2.18. The molecule has 1 aromatic heterocycles. The van der Waals surface area contributed by atoms with E-state index < -0.39 is 0 Å². The van der Waals surface area contributed by atoms with Crippen LogP contribution in [0.1, 0.15) is 53.3 Å². The number of amides is 1. The smallest absolute Gasteiger partial charge is 0.272 e. The van der Waals surface area contributed by atoms with Crippen LogP contribution in [0.25, 0.3) is 0 Å². The number of hydrogen-bond acceptors (Lipinski definition) is 5. The van der Waals surface area contributed by atoms with Gasteiger partial charge in [0.25, 0.3) is 5.91 Å². The zero-order valence-corrected chi connectivity index (χ0v) is 16.8. The van der Waals surface area contributed by atoms with Gasteiger partial charge in [-0.3, -0.25) is 9.48 Å². The van der Waals surface area contributed by atoms with Crippen molar-refractivity contribution >= 4 is 5.91 Å². The van der Waals surface area contributed by atoms with Crippen molar-refractivity contribution in [2.24, 2.45) is 0 Å². The van der Waals surface area contributed by atoms with Crippen LogP contribution in [-0.2, 0) is 22.6 Å². The Kier molecular flexibility index (Phi) is 6.92. The first-order chi connectivity index (χ1) is 14.3. The summed E-state index contributed by atoms with van der Waals surface area (Å²) in [5.74, 6) is -0.139. The predicted octanol–water partition coefficient (Wildman–Crippen LogP) is 2.43. The average molecular weight is 399 g/mol. The minimum absolute atomic E-state index is 0.139. The van der Waals surface area contributed by atoms with Crippen LogP contribution in [0.4, 0.5) is 0 Å². The first-order valence-electron chi connectivity index (χ1n) is 10.6. The molecule has 1 amide bonds. The fourth-order valence-corrected chi connectivity index (χ4v) is 3.80. The number of piperidine rings is 1. The van der Waals surface area contributed by atoms with E-state index in [0.29, 0.717) is 31.0 Å². The second-order valence-corrected chi connectivity index (χ2v) is 7.80. The number of nitrogens with zero attached hydrogens (tertiary/aromatic N) is 2. The molecule has 0 saturated carbocycles. The Morgan fingerprint density at radius 1 is 1.17 bits per heavy atom. The number of carbonyl (C=O) groups excluding carboxylic acids is 1. The molecule has 1 aromatic carbocycles. The monoisotopic (exact) mass is 398 g/mol. The minimum atomic E-state index is -0.139. The predicted molar refractivity (Wildman–Crippen MR) is 110 cm³/mol. The van der Waals surface area contributed by atoms with Gasteiger partial charge in [-0.1, -0.05) is 24.3 Å². The van der Waals surface area contributed by atoms with E-state index in [1.807, 2.05) is 23.0 Å². The van der Waals surface area contributed by atoms with E-state index in [9.17, 15) is 4.79 Å². The van der Waals surface area contributed by atoms with Crippen molar-refractivity contribution < 1.29 is 14.3 Å². The van der Waals surface area contributed by atoms with Crippen molar-refractivity contribution in [1.82, 2.24) is 20.4 Å². The Labute approximate surface area is 171 Å². The fraction of sp³-hybridized carbons (Fsp3) is 0.545. The maximum Gasteiger partial charge on any atom is 0.272 e. The number of aromatic nitrogens is 2. The van der Waals surface area contributed by atoms with E-state index in [-0.39, 0.29) is 5.91 Å². The molecule has 156 valence electrons. The van der Waals surface area contributed by atoms with Crippen LogP contribution in [0, 0.1) is 0 Å². The highest BCUT2D eigenvalue weighted by molar-refractivity contribution is 5.92. The second kappa shape index (κ2) is 10.0. The lowest BCUT2D eigenvalue weighted by atomic mass is 10.1. The summed E-state index contributed by atoms with van der Waals surface area (Å²) < 4.78 is 13.2. The summed E-state index contributed by atoms with van der Waals surface area (Å²) in [5, 5.41) is 10.8. The number of hydrogen-bond donors (Lipinski definition) is 2. The zero-order valence-electron chi connectivity index (χ0n) is 16.8. The van der Waals surface area contributed by atoms with Crippen molar-refractivity contribution in [2.45, 2.75) is 51.0 Å². The van der Waals surface area contributed by atoms with Gasteiger partial charge in [-0.2, -0.15) is 5.10 Å². The molecule has 29 heavy (non-hydrogen) atoms. The lowest BCUT2D eigenvalue weighted by Gasteiger charge is -2.22. The Morgan fingerprint density at radius 3 is 2.72 bits per heavy atom. The molecule has 4 rings (SSSR count). The number of ether oxygens (including phenoxy) is 2. The molecule has 7 heteroatoms. The van der Waals surface area contributed by atoms with E-state index in [0.717, 1.165) is 63.1 Å². The first-order valence-corrected chi connectivity index (χ1v) is 10.6. The molecule has 2 saturated heterocycles. The van der Waals surface area contributed by atoms with E-state index in [1.165, 1.54) is 0 Å². The molecule has 2 aromatic rings. The van der Waals surface area contributed by atoms with Crippen LogP contribution >= 0.6 is 0 Å². The third-order valence-corrected chi connectivity index (χ3v) is 5.62. The molecule has 0 aliphatic carbocycles. The summed E-state index contributed by atoms with van der Waals surface area (Å²) >= 11 is 0. The van der Waals surface area contributed by atoms with Gasteiger partial charge in [-0.15, -0.1) is 0 Å². The van der Waals surface area contributed by atoms with Gasteiger partial charge < -0.3 is 20.1 Å². The van der Waals surface area contributed by atoms with Gasteiger partial charge in [0, 0.05) is 32.5 Å². The number of rotatable bonds is 7. The second-order valence-electron chi connectivity index (χ2n) is 7.80. The van der Waals surface area contributed by atoms with Gasteiger partial charge in [0.15, 0.2) is 0 Å². The van der Waals surface area contributed by atoms with Crippen LogP contribution in [0.2, 0.25) is 0 Å². The Hall–Kier alpha value is -2.22. The third-order valence-electron chi connectivity index (χ3n) is 5.62. The van der Waals surface area contributed by atoms with E-state index in [1.54, 1.807) is 6.07 Å². The van der Waals surface area contributed by atoms with Gasteiger partial charge in [-0.05, 0) is 49.4 Å². The van der Waals surface area contributed by atoms with Crippen molar-refractivity contribution in [3.05, 3.63) is 53.3 Å². The van der Waals surface area contributed by atoms with Gasteiger partial charge in [0.05, 0.1) is 18.8 Å². The van der Waals surface area contributed by atoms with E-state index in [4.69, 9.17) is 9.47 Å². The van der Waals surface area contributed by atoms with Gasteiger partial charge in [-0.25, -0.2) is 0 Å². The summed E-state index contributed by atoms with van der Waals surface area (Å²) in [6.07, 6.45) is 6.38. The summed E-state index contributed by atoms with van der Waals surface area (Å²) in [7, 11) is 0. The fourth-order valence-electron chi connectivity index (χ4n) is 3.80. The van der Waals surface area contributed by atoms with Crippen molar-refractivity contribution in [1.29, 1.82) is 0 Å². The molecule has 0 bridgehead atoms. The normalized spacial score (nSPS) is 20.5. The van der Waals surface area contributed by atoms with Crippen LogP contribution in [-0.4, -0.2) is 48.1 Å². The highest BCUT2D eigenvalue weighted by Crippen LogP contribution is 2.16. The quantitative estimate of drug-likeness (QED) is 0.749. The van der Waals surface area contributed by atoms with Gasteiger partial charge >= 0.3 is 0 Å². The molecular weight excluding hydrogens is 368 g/mol. The molecular formula is C22H30N4O3. The maximum absolute atomic E-state index is 12.4.